The minimum absolute atomic E-state index is 0.0790. The highest BCUT2D eigenvalue weighted by Crippen LogP contribution is 2.39. The lowest BCUT2D eigenvalue weighted by Gasteiger charge is -2.22. The maximum Gasteiger partial charge on any atom is 0.408 e. The van der Waals surface area contributed by atoms with Gasteiger partial charge < -0.3 is 15.0 Å². The van der Waals surface area contributed by atoms with Crippen molar-refractivity contribution in [3.63, 3.8) is 0 Å². The van der Waals surface area contributed by atoms with Crippen LogP contribution in [0.2, 0.25) is 5.15 Å². The van der Waals surface area contributed by atoms with Gasteiger partial charge in [-0.2, -0.15) is 32.8 Å². The van der Waals surface area contributed by atoms with Gasteiger partial charge in [-0.1, -0.05) is 11.6 Å². The Morgan fingerprint density at radius 1 is 1.19 bits per heavy atom. The quantitative estimate of drug-likeness (QED) is 0.421. The van der Waals surface area contributed by atoms with Crippen molar-refractivity contribution in [2.75, 3.05) is 32.6 Å². The summed E-state index contributed by atoms with van der Waals surface area (Å²) in [6.07, 6.45) is -3.62. The summed E-state index contributed by atoms with van der Waals surface area (Å²) in [5.74, 6) is -2.81. The lowest BCUT2D eigenvalue weighted by Crippen LogP contribution is -2.34. The number of anilines is 1. The van der Waals surface area contributed by atoms with Crippen LogP contribution in [0.4, 0.5) is 27.8 Å². The molecule has 31 heavy (non-hydrogen) atoms. The summed E-state index contributed by atoms with van der Waals surface area (Å²) in [4.78, 5) is 9.47. The highest BCUT2D eigenvalue weighted by atomic mass is 35.5. The molecule has 3 aromatic rings. The van der Waals surface area contributed by atoms with Gasteiger partial charge in [0.05, 0.1) is 11.1 Å². The van der Waals surface area contributed by atoms with E-state index in [1.165, 1.54) is 0 Å². The minimum atomic E-state index is -4.65. The third kappa shape index (κ3) is 4.96. The Hall–Kier alpha value is -2.73. The first-order chi connectivity index (χ1) is 14.5. The van der Waals surface area contributed by atoms with Gasteiger partial charge in [0.15, 0.2) is 0 Å². The fourth-order valence-electron chi connectivity index (χ4n) is 2.68. The van der Waals surface area contributed by atoms with Crippen molar-refractivity contribution in [2.24, 2.45) is 0 Å². The first-order valence-electron chi connectivity index (χ1n) is 8.98. The van der Waals surface area contributed by atoms with Crippen LogP contribution in [0.15, 0.2) is 18.5 Å². The van der Waals surface area contributed by atoms with Crippen molar-refractivity contribution < 1.29 is 26.7 Å². The van der Waals surface area contributed by atoms with Gasteiger partial charge in [-0.25, -0.2) is 8.78 Å². The van der Waals surface area contributed by atoms with Gasteiger partial charge in [-0.05, 0) is 21.0 Å². The van der Waals surface area contributed by atoms with E-state index in [0.717, 1.165) is 29.9 Å². The Labute approximate surface area is 178 Å². The molecule has 2 heterocycles. The fourth-order valence-corrected chi connectivity index (χ4v) is 2.94. The van der Waals surface area contributed by atoms with Gasteiger partial charge in [0, 0.05) is 18.7 Å². The molecule has 0 amide bonds. The SMILES string of the molecule is C[C@H](Nc1c(-c2c(F)cc(OCCN(C)C)cc2F)c(Cl)nc2ncnn12)C(F)(F)F. The highest BCUT2D eigenvalue weighted by Gasteiger charge is 2.37. The van der Waals surface area contributed by atoms with Crippen LogP contribution in [0.5, 0.6) is 5.75 Å². The summed E-state index contributed by atoms with van der Waals surface area (Å²) in [5.41, 5.74) is -1.10. The number of halogens is 6. The number of ether oxygens (including phenoxy) is 1. The molecule has 0 aliphatic carbocycles. The van der Waals surface area contributed by atoms with Crippen LogP contribution < -0.4 is 10.1 Å². The van der Waals surface area contributed by atoms with Gasteiger partial charge in [-0.3, -0.25) is 0 Å². The van der Waals surface area contributed by atoms with Crippen molar-refractivity contribution in [1.82, 2.24) is 24.5 Å². The molecule has 2 aromatic heterocycles. The Bertz CT molecular complexity index is 1060. The number of benzene rings is 1. The molecule has 0 fully saturated rings. The largest absolute Gasteiger partial charge is 0.492 e. The van der Waals surface area contributed by atoms with E-state index in [1.807, 2.05) is 4.90 Å². The maximum atomic E-state index is 14.9. The summed E-state index contributed by atoms with van der Waals surface area (Å²) in [5, 5.41) is 5.52. The second kappa shape index (κ2) is 8.79. The number of rotatable bonds is 7. The smallest absolute Gasteiger partial charge is 0.408 e. The summed E-state index contributed by atoms with van der Waals surface area (Å²) >= 11 is 6.12. The standard InChI is InChI=1S/C18H18ClF5N6O/c1-9(18(22,23)24)27-16-14(15(19)28-17-25-8-26-30(16)17)13-11(20)6-10(7-12(13)21)31-5-4-29(2)3/h6-9,27H,4-5H2,1-3H3/t9-/m0/s1. The van der Waals surface area contributed by atoms with Gasteiger partial charge in [0.25, 0.3) is 5.78 Å². The van der Waals surface area contributed by atoms with E-state index in [9.17, 15) is 22.0 Å². The number of alkyl halides is 3. The van der Waals surface area contributed by atoms with Crippen molar-refractivity contribution in [1.29, 1.82) is 0 Å². The Kier molecular flexibility index (Phi) is 6.51. The molecule has 0 saturated heterocycles. The zero-order chi connectivity index (χ0) is 22.9. The van der Waals surface area contributed by atoms with Crippen molar-refractivity contribution in [3.8, 4) is 16.9 Å². The van der Waals surface area contributed by atoms with Crippen molar-refractivity contribution in [3.05, 3.63) is 35.2 Å². The number of fused-ring (bicyclic) bond motifs is 1. The van der Waals surface area contributed by atoms with E-state index in [-0.39, 0.29) is 18.1 Å². The summed E-state index contributed by atoms with van der Waals surface area (Å²) in [6, 6.07) is -0.239. The highest BCUT2D eigenvalue weighted by molar-refractivity contribution is 6.33. The van der Waals surface area contributed by atoms with Gasteiger partial charge in [0.2, 0.25) is 0 Å². The summed E-state index contributed by atoms with van der Waals surface area (Å²) in [7, 11) is 3.61. The van der Waals surface area contributed by atoms with Crippen molar-refractivity contribution in [2.45, 2.75) is 19.1 Å². The van der Waals surface area contributed by atoms with E-state index in [2.05, 4.69) is 20.4 Å². The number of hydrogen-bond donors (Lipinski definition) is 1. The summed E-state index contributed by atoms with van der Waals surface area (Å²) < 4.78 is 75.6. The van der Waals surface area contributed by atoms with Crippen LogP contribution in [0.3, 0.4) is 0 Å². The van der Waals surface area contributed by atoms with Gasteiger partial charge >= 0.3 is 6.18 Å². The van der Waals surface area contributed by atoms with Crippen LogP contribution in [-0.2, 0) is 0 Å². The van der Waals surface area contributed by atoms with E-state index in [1.54, 1.807) is 14.1 Å². The lowest BCUT2D eigenvalue weighted by molar-refractivity contribution is -0.138. The topological polar surface area (TPSA) is 67.6 Å². The van der Waals surface area contributed by atoms with E-state index >= 15 is 0 Å². The molecule has 168 valence electrons. The molecule has 0 unspecified atom stereocenters. The van der Waals surface area contributed by atoms with Crippen LogP contribution in [0, 0.1) is 11.6 Å². The molecule has 1 aromatic carbocycles. The average Bonchev–Trinajstić information content (AvgIpc) is 3.10. The third-order valence-corrected chi connectivity index (χ3v) is 4.57. The number of nitrogens with zero attached hydrogens (tertiary/aromatic N) is 5. The molecule has 7 nitrogen and oxygen atoms in total. The van der Waals surface area contributed by atoms with E-state index in [4.69, 9.17) is 16.3 Å². The second-order valence-corrected chi connectivity index (χ2v) is 7.28. The zero-order valence-electron chi connectivity index (χ0n) is 16.6. The molecule has 1 N–H and O–H groups in total. The number of likely N-dealkylation sites (N-methyl/N-ethyl adjacent to an activating group) is 1. The van der Waals surface area contributed by atoms with E-state index in [0.29, 0.717) is 6.54 Å². The molecule has 0 radical (unpaired) electrons. The summed E-state index contributed by atoms with van der Waals surface area (Å²) in [6.45, 7) is 1.52. The van der Waals surface area contributed by atoms with Crippen LogP contribution in [0.25, 0.3) is 16.9 Å². The molecule has 3 rings (SSSR count). The van der Waals surface area contributed by atoms with Crippen LogP contribution in [-0.4, -0.2) is 63.9 Å². The van der Waals surface area contributed by atoms with Crippen molar-refractivity contribution >= 4 is 23.2 Å². The number of aromatic nitrogens is 4. The Balaban J connectivity index is 2.12. The Morgan fingerprint density at radius 2 is 1.84 bits per heavy atom. The molecule has 0 spiro atoms. The number of nitrogens with one attached hydrogen (secondary N) is 1. The number of hydrogen-bond acceptors (Lipinski definition) is 6. The predicted molar refractivity (Wildman–Crippen MR) is 104 cm³/mol. The molecule has 0 aliphatic rings. The molecule has 0 saturated carbocycles. The molecule has 1 atom stereocenters. The predicted octanol–water partition coefficient (Wildman–Crippen LogP) is 4.03. The molecule has 0 bridgehead atoms. The Morgan fingerprint density at radius 3 is 2.42 bits per heavy atom. The average molecular weight is 465 g/mol. The van der Waals surface area contributed by atoms with Gasteiger partial charge in [0.1, 0.15) is 47.3 Å². The molecular weight excluding hydrogens is 447 g/mol. The molecule has 13 heteroatoms. The normalized spacial score (nSPS) is 13.1. The third-order valence-electron chi connectivity index (χ3n) is 4.30. The van der Waals surface area contributed by atoms with E-state index < -0.39 is 46.0 Å². The lowest BCUT2D eigenvalue weighted by atomic mass is 10.1. The zero-order valence-corrected chi connectivity index (χ0v) is 17.4. The minimum Gasteiger partial charge on any atom is -0.492 e. The monoisotopic (exact) mass is 464 g/mol. The molecule has 0 aliphatic heterocycles. The fraction of sp³-hybridized carbons (Fsp3) is 0.389. The first kappa shape index (κ1) is 22.9. The van der Waals surface area contributed by atoms with Crippen LogP contribution in [0.1, 0.15) is 6.92 Å². The molecular formula is C18H18ClF5N6O. The first-order valence-corrected chi connectivity index (χ1v) is 9.36. The maximum absolute atomic E-state index is 14.9. The van der Waals surface area contributed by atoms with Crippen LogP contribution >= 0.6 is 11.6 Å². The second-order valence-electron chi connectivity index (χ2n) is 6.92. The van der Waals surface area contributed by atoms with Gasteiger partial charge in [-0.15, -0.1) is 0 Å².